The minimum Gasteiger partial charge on any atom is -0.493 e. The normalized spacial score (nSPS) is 14.5. The SMILES string of the molecule is COc1cc(/C=C2\SC(=O)N(CCOc3ccc(Cl)cc3)C2=O)cc(Br)c1OCc1ccccn1. The highest BCUT2D eigenvalue weighted by Crippen LogP contribution is 2.39. The first-order valence-corrected chi connectivity index (χ1v) is 12.5. The number of carbonyl (C=O) groups is 2. The van der Waals surface area contributed by atoms with Gasteiger partial charge in [0.15, 0.2) is 11.5 Å². The van der Waals surface area contributed by atoms with Crippen LogP contribution in [0.25, 0.3) is 6.08 Å². The zero-order valence-corrected chi connectivity index (χ0v) is 21.7. The highest BCUT2D eigenvalue weighted by Gasteiger charge is 2.35. The summed E-state index contributed by atoms with van der Waals surface area (Å²) in [5.41, 5.74) is 1.46. The van der Waals surface area contributed by atoms with E-state index in [1.807, 2.05) is 18.2 Å². The van der Waals surface area contributed by atoms with Gasteiger partial charge in [0, 0.05) is 11.2 Å². The molecule has 0 saturated carbocycles. The Morgan fingerprint density at radius 3 is 2.63 bits per heavy atom. The third-order valence-electron chi connectivity index (χ3n) is 4.91. The molecule has 0 bridgehead atoms. The van der Waals surface area contributed by atoms with E-state index >= 15 is 0 Å². The van der Waals surface area contributed by atoms with Crippen molar-refractivity contribution in [1.82, 2.24) is 9.88 Å². The molecule has 3 aromatic rings. The molecule has 2 aromatic carbocycles. The average molecular weight is 576 g/mol. The van der Waals surface area contributed by atoms with E-state index in [4.69, 9.17) is 25.8 Å². The number of benzene rings is 2. The number of methoxy groups -OCH3 is 1. The number of thioether (sulfide) groups is 1. The molecule has 0 spiro atoms. The molecule has 0 unspecified atom stereocenters. The number of halogens is 2. The number of imide groups is 1. The van der Waals surface area contributed by atoms with Crippen LogP contribution >= 0.6 is 39.3 Å². The van der Waals surface area contributed by atoms with E-state index in [1.54, 1.807) is 48.7 Å². The molecule has 1 aromatic heterocycles. The third-order valence-corrected chi connectivity index (χ3v) is 6.66. The van der Waals surface area contributed by atoms with Gasteiger partial charge in [0.05, 0.1) is 28.7 Å². The fourth-order valence-corrected chi connectivity index (χ4v) is 4.79. The van der Waals surface area contributed by atoms with Gasteiger partial charge in [-0.05, 0) is 87.9 Å². The standard InChI is InChI=1S/C25H20BrClN2O5S/c1-32-21-13-16(12-20(26)23(21)34-15-18-4-2-3-9-28-18)14-22-24(30)29(25(31)35-22)10-11-33-19-7-5-17(27)6-8-19/h2-9,12-14H,10-11,15H2,1H3/b22-14-. The number of rotatable bonds is 9. The molecule has 180 valence electrons. The van der Waals surface area contributed by atoms with Crippen LogP contribution in [0.1, 0.15) is 11.3 Å². The molecule has 0 atom stereocenters. The summed E-state index contributed by atoms with van der Waals surface area (Å²) < 4.78 is 17.7. The fourth-order valence-electron chi connectivity index (χ4n) is 3.22. The molecular formula is C25H20BrClN2O5S. The van der Waals surface area contributed by atoms with E-state index in [2.05, 4.69) is 20.9 Å². The minimum absolute atomic E-state index is 0.137. The van der Waals surface area contributed by atoms with Gasteiger partial charge in [0.1, 0.15) is 19.0 Å². The van der Waals surface area contributed by atoms with Gasteiger partial charge in [-0.1, -0.05) is 17.7 Å². The highest BCUT2D eigenvalue weighted by molar-refractivity contribution is 9.10. The fraction of sp³-hybridized carbons (Fsp3) is 0.160. The lowest BCUT2D eigenvalue weighted by molar-refractivity contribution is -0.123. The highest BCUT2D eigenvalue weighted by atomic mass is 79.9. The van der Waals surface area contributed by atoms with Crippen molar-refractivity contribution in [2.45, 2.75) is 6.61 Å². The number of hydrogen-bond acceptors (Lipinski definition) is 7. The molecule has 1 aliphatic rings. The minimum atomic E-state index is -0.370. The van der Waals surface area contributed by atoms with Gasteiger partial charge in [0.25, 0.3) is 11.1 Å². The van der Waals surface area contributed by atoms with Crippen molar-refractivity contribution < 1.29 is 23.8 Å². The maximum Gasteiger partial charge on any atom is 0.293 e. The van der Waals surface area contributed by atoms with Gasteiger partial charge >= 0.3 is 0 Å². The molecule has 1 aliphatic heterocycles. The molecule has 2 amide bonds. The molecular weight excluding hydrogens is 556 g/mol. The number of ether oxygens (including phenoxy) is 3. The van der Waals surface area contributed by atoms with Gasteiger partial charge in [-0.25, -0.2) is 0 Å². The second kappa shape index (κ2) is 11.6. The Labute approximate surface area is 220 Å². The number of hydrogen-bond donors (Lipinski definition) is 0. The van der Waals surface area contributed by atoms with Crippen LogP contribution in [0.15, 0.2) is 70.2 Å². The van der Waals surface area contributed by atoms with Crippen LogP contribution in [-0.4, -0.2) is 41.3 Å². The van der Waals surface area contributed by atoms with E-state index in [0.717, 1.165) is 17.5 Å². The summed E-state index contributed by atoms with van der Waals surface area (Å²) in [7, 11) is 1.54. The molecule has 1 saturated heterocycles. The lowest BCUT2D eigenvalue weighted by atomic mass is 10.2. The summed E-state index contributed by atoms with van der Waals surface area (Å²) in [6.45, 7) is 0.582. The summed E-state index contributed by atoms with van der Waals surface area (Å²) in [6.07, 6.45) is 3.35. The molecule has 2 heterocycles. The smallest absolute Gasteiger partial charge is 0.293 e. The van der Waals surface area contributed by atoms with Crippen LogP contribution in [0.2, 0.25) is 5.02 Å². The molecule has 0 radical (unpaired) electrons. The van der Waals surface area contributed by atoms with Crippen LogP contribution < -0.4 is 14.2 Å². The molecule has 1 fully saturated rings. The lowest BCUT2D eigenvalue weighted by Gasteiger charge is -2.14. The summed E-state index contributed by atoms with van der Waals surface area (Å²) in [5, 5.41) is 0.256. The van der Waals surface area contributed by atoms with Crippen LogP contribution in [-0.2, 0) is 11.4 Å². The van der Waals surface area contributed by atoms with Crippen molar-refractivity contribution in [3.8, 4) is 17.2 Å². The summed E-state index contributed by atoms with van der Waals surface area (Å²) >= 11 is 10.3. The van der Waals surface area contributed by atoms with E-state index in [0.29, 0.717) is 37.2 Å². The van der Waals surface area contributed by atoms with Gasteiger partial charge in [-0.3, -0.25) is 19.5 Å². The van der Waals surface area contributed by atoms with E-state index in [1.165, 1.54) is 12.0 Å². The van der Waals surface area contributed by atoms with Crippen molar-refractivity contribution in [3.63, 3.8) is 0 Å². The van der Waals surface area contributed by atoms with Gasteiger partial charge in [-0.15, -0.1) is 0 Å². The Bertz CT molecular complexity index is 1250. The van der Waals surface area contributed by atoms with Crippen molar-refractivity contribution in [2.24, 2.45) is 0 Å². The first-order chi connectivity index (χ1) is 16.9. The zero-order valence-electron chi connectivity index (χ0n) is 18.6. The van der Waals surface area contributed by atoms with Crippen molar-refractivity contribution in [3.05, 3.63) is 86.5 Å². The van der Waals surface area contributed by atoms with E-state index in [-0.39, 0.29) is 30.9 Å². The van der Waals surface area contributed by atoms with Crippen molar-refractivity contribution >= 4 is 56.5 Å². The molecule has 0 N–H and O–H groups in total. The number of aromatic nitrogens is 1. The Morgan fingerprint density at radius 1 is 1.11 bits per heavy atom. The Balaban J connectivity index is 1.43. The molecule has 7 nitrogen and oxygen atoms in total. The van der Waals surface area contributed by atoms with Gasteiger partial charge in [0.2, 0.25) is 0 Å². The number of pyridine rings is 1. The third kappa shape index (κ3) is 6.36. The predicted molar refractivity (Wildman–Crippen MR) is 139 cm³/mol. The molecule has 0 aliphatic carbocycles. The second-order valence-corrected chi connectivity index (χ2v) is 9.56. The monoisotopic (exact) mass is 574 g/mol. The van der Waals surface area contributed by atoms with Crippen molar-refractivity contribution in [1.29, 1.82) is 0 Å². The second-order valence-electron chi connectivity index (χ2n) is 7.28. The zero-order chi connectivity index (χ0) is 24.8. The number of nitrogens with zero attached hydrogens (tertiary/aromatic N) is 2. The molecule has 4 rings (SSSR count). The topological polar surface area (TPSA) is 78.0 Å². The Morgan fingerprint density at radius 2 is 1.91 bits per heavy atom. The molecule has 35 heavy (non-hydrogen) atoms. The van der Waals surface area contributed by atoms with Crippen LogP contribution in [0.3, 0.4) is 0 Å². The van der Waals surface area contributed by atoms with Crippen LogP contribution in [0.5, 0.6) is 17.2 Å². The van der Waals surface area contributed by atoms with Gasteiger partial charge < -0.3 is 14.2 Å². The van der Waals surface area contributed by atoms with Crippen LogP contribution in [0.4, 0.5) is 4.79 Å². The Hall–Kier alpha value is -3.01. The maximum absolute atomic E-state index is 12.8. The lowest BCUT2D eigenvalue weighted by Crippen LogP contribution is -2.32. The van der Waals surface area contributed by atoms with Gasteiger partial charge in [-0.2, -0.15) is 0 Å². The largest absolute Gasteiger partial charge is 0.493 e. The number of amides is 2. The molecule has 10 heteroatoms. The Kier molecular flexibility index (Phi) is 8.33. The van der Waals surface area contributed by atoms with Crippen LogP contribution in [0, 0.1) is 0 Å². The van der Waals surface area contributed by atoms with E-state index in [9.17, 15) is 9.59 Å². The predicted octanol–water partition coefficient (Wildman–Crippen LogP) is 6.20. The summed E-state index contributed by atoms with van der Waals surface area (Å²) in [4.78, 5) is 31.0. The van der Waals surface area contributed by atoms with E-state index < -0.39 is 0 Å². The van der Waals surface area contributed by atoms with Crippen molar-refractivity contribution in [2.75, 3.05) is 20.3 Å². The first-order valence-electron chi connectivity index (χ1n) is 10.5. The summed E-state index contributed by atoms with van der Waals surface area (Å²) in [5.74, 6) is 1.24. The first kappa shape index (κ1) is 25.1. The summed E-state index contributed by atoms with van der Waals surface area (Å²) in [6, 6.07) is 16.0. The number of carbonyl (C=O) groups excluding carboxylic acids is 2. The maximum atomic E-state index is 12.8. The average Bonchev–Trinajstić information content (AvgIpc) is 3.12. The quantitative estimate of drug-likeness (QED) is 0.281.